The molecule has 0 aliphatic carbocycles. The molecule has 9 rings (SSSR count). The Kier molecular flexibility index (Phi) is 2.24. The summed E-state index contributed by atoms with van der Waals surface area (Å²) in [5, 5.41) is -5.88. The number of hydrogen-bond donors (Lipinski definition) is 0. The Labute approximate surface area is 294 Å². The van der Waals surface area contributed by atoms with Gasteiger partial charge in [-0.05, 0) is 99.3 Å². The second kappa shape index (κ2) is 9.93. The summed E-state index contributed by atoms with van der Waals surface area (Å²) in [5.74, 6) is 0. The summed E-state index contributed by atoms with van der Waals surface area (Å²) in [6.45, 7) is 0. The van der Waals surface area contributed by atoms with E-state index in [0.717, 1.165) is 6.07 Å². The second-order valence-electron chi connectivity index (χ2n) is 9.58. The molecule has 0 atom stereocenters. The molecule has 0 amide bonds. The van der Waals surface area contributed by atoms with Crippen molar-refractivity contribution in [1.29, 1.82) is 0 Å². The Morgan fingerprint density at radius 1 is 0.295 bits per heavy atom. The van der Waals surface area contributed by atoms with Crippen molar-refractivity contribution in [2.45, 2.75) is 0 Å². The van der Waals surface area contributed by atoms with Crippen molar-refractivity contribution in [3.63, 3.8) is 0 Å². The first-order valence-corrected chi connectivity index (χ1v) is 13.1. The summed E-state index contributed by atoms with van der Waals surface area (Å²) >= 11 is 0. The molecule has 204 valence electrons. The average Bonchev–Trinajstić information content (AvgIpc) is 3.33. The van der Waals surface area contributed by atoms with Crippen molar-refractivity contribution < 1.29 is 37.0 Å². The van der Waals surface area contributed by atoms with Crippen molar-refractivity contribution in [3.8, 4) is 33.4 Å². The Hall–Kier alpha value is -5.72. The van der Waals surface area contributed by atoms with Gasteiger partial charge < -0.3 is 0 Å². The van der Waals surface area contributed by atoms with Crippen LogP contribution in [0.4, 0.5) is 0 Å². The van der Waals surface area contributed by atoms with E-state index in [2.05, 4.69) is 0 Å². The fraction of sp³-hybridized carbons (Fsp3) is 0. The third-order valence-corrected chi connectivity index (χ3v) is 7.20. The van der Waals surface area contributed by atoms with Crippen molar-refractivity contribution >= 4 is 53.9 Å². The van der Waals surface area contributed by atoms with Gasteiger partial charge in [-0.3, -0.25) is 0 Å². The number of rotatable bonds is 3. The molecule has 0 aliphatic heterocycles. The van der Waals surface area contributed by atoms with E-state index in [1.807, 2.05) is 0 Å². The first-order chi connectivity index (χ1) is 33.1. The molecule has 0 unspecified atom stereocenters. The summed E-state index contributed by atoms with van der Waals surface area (Å²) in [6.07, 6.45) is 0. The maximum absolute atomic E-state index is 9.82. The van der Waals surface area contributed by atoms with Gasteiger partial charge in [-0.2, -0.15) is 0 Å². The van der Waals surface area contributed by atoms with E-state index >= 15 is 0 Å². The molecule has 0 saturated carbocycles. The molecule has 9 aromatic carbocycles. The van der Waals surface area contributed by atoms with E-state index in [4.69, 9.17) is 24.7 Å². The highest BCUT2D eigenvalue weighted by Gasteiger charge is 2.18. The Morgan fingerprint density at radius 2 is 0.795 bits per heavy atom. The Balaban J connectivity index is 1.57. The van der Waals surface area contributed by atoms with Gasteiger partial charge in [0.15, 0.2) is 0 Å². The van der Waals surface area contributed by atoms with Crippen LogP contribution >= 0.6 is 0 Å². The SMILES string of the molecule is [2H]c1c([2H])c(-c2cc([2H])c3c(c2[2H])c([2H])c([2H])c2c([2H])c([2H])c([2H])c([2H])c23)c([2H])c(-c2c3c([2H])c([2H])c([2H])c([2H])c3c(-c3c([2H])c([2H])c([2H])c4c([2H])c([2H])c([2H])c([2H])c34)c3c([2H])c([2H])c([2H])c([2H])c23)c1[2H]. The molecule has 0 aliphatic rings. The molecule has 0 radical (unpaired) electrons. The summed E-state index contributed by atoms with van der Waals surface area (Å²) < 4.78 is 242. The zero-order valence-electron chi connectivity index (χ0n) is 49.1. The summed E-state index contributed by atoms with van der Waals surface area (Å²) in [6, 6.07) is -23.0. The maximum Gasteiger partial charge on any atom is 0.0636 e. The minimum atomic E-state index is -1.03. The van der Waals surface area contributed by atoms with Crippen LogP contribution in [-0.4, -0.2) is 0 Å². The molecule has 0 bridgehead atoms. The molecule has 0 nitrogen and oxygen atoms in total. The molecule has 0 fully saturated rings. The molecule has 9 aromatic rings. The standard InChI is InChI=1S/C44H28/c1-4-17-36-29(11-1)13-10-22-38(36)44-41-20-7-5-18-39(41)43(40-19-6-8-21-42(40)44)34-15-9-14-31(28-34)32-25-26-37-33(27-32)24-23-30-12-2-3-16-35(30)37/h1-28H/i1D,2D,3D,4D,5D,6D,7D,8D,9D,10D,11D,12D,13D,14D,15D,16D,17D,18D,19D,20D,21D,22D,23D,24D,26D,27D,28D. The molecule has 0 spiro atoms. The fourth-order valence-corrected chi connectivity index (χ4v) is 5.32. The average molecular weight is 584 g/mol. The lowest BCUT2D eigenvalue weighted by Gasteiger charge is -2.19. The van der Waals surface area contributed by atoms with Crippen molar-refractivity contribution in [2.75, 3.05) is 0 Å². The van der Waals surface area contributed by atoms with Crippen LogP contribution in [0.5, 0.6) is 0 Å². The minimum Gasteiger partial charge on any atom is -0.0616 e. The van der Waals surface area contributed by atoms with Gasteiger partial charge in [-0.15, -0.1) is 0 Å². The largest absolute Gasteiger partial charge is 0.0636 e. The maximum atomic E-state index is 9.82. The summed E-state index contributed by atoms with van der Waals surface area (Å²) in [5.41, 5.74) is -4.25. The van der Waals surface area contributed by atoms with Crippen LogP contribution in [0, 0.1) is 0 Å². The van der Waals surface area contributed by atoms with Gasteiger partial charge in [-0.25, -0.2) is 0 Å². The smallest absolute Gasteiger partial charge is 0.0616 e. The summed E-state index contributed by atoms with van der Waals surface area (Å²) in [7, 11) is 0. The summed E-state index contributed by atoms with van der Waals surface area (Å²) in [4.78, 5) is 0. The van der Waals surface area contributed by atoms with E-state index < -0.39 is 240 Å². The van der Waals surface area contributed by atoms with E-state index in [9.17, 15) is 12.3 Å². The topological polar surface area (TPSA) is 0 Å². The highest BCUT2D eigenvalue weighted by atomic mass is 14.2. The monoisotopic (exact) mass is 583 g/mol. The third-order valence-electron chi connectivity index (χ3n) is 7.20. The molecule has 0 heteroatoms. The molecular formula is C44H28. The van der Waals surface area contributed by atoms with Crippen LogP contribution in [0.1, 0.15) is 37.0 Å². The number of benzene rings is 9. The van der Waals surface area contributed by atoms with Crippen LogP contribution in [-0.2, 0) is 0 Å². The van der Waals surface area contributed by atoms with Gasteiger partial charge >= 0.3 is 0 Å². The van der Waals surface area contributed by atoms with Gasteiger partial charge in [0.1, 0.15) is 0 Å². The quantitative estimate of drug-likeness (QED) is 0.143. The lowest BCUT2D eigenvalue weighted by atomic mass is 9.84. The second-order valence-corrected chi connectivity index (χ2v) is 9.58. The first kappa shape index (κ1) is 9.91. The van der Waals surface area contributed by atoms with Crippen molar-refractivity contribution in [3.05, 3.63) is 169 Å². The van der Waals surface area contributed by atoms with Crippen molar-refractivity contribution in [2.24, 2.45) is 0 Å². The fourth-order valence-electron chi connectivity index (χ4n) is 5.32. The first-order valence-electron chi connectivity index (χ1n) is 26.6. The van der Waals surface area contributed by atoms with E-state index in [1.165, 1.54) is 0 Å². The zero-order valence-corrected chi connectivity index (χ0v) is 22.1. The molecule has 0 heterocycles. The van der Waals surface area contributed by atoms with Crippen molar-refractivity contribution in [1.82, 2.24) is 0 Å². The highest BCUT2D eigenvalue weighted by Crippen LogP contribution is 2.45. The van der Waals surface area contributed by atoms with Gasteiger partial charge in [-0.1, -0.05) is 157 Å². The van der Waals surface area contributed by atoms with Crippen LogP contribution in [0.2, 0.25) is 0 Å². The van der Waals surface area contributed by atoms with E-state index in [1.54, 1.807) is 0 Å². The normalized spacial score (nSPS) is 20.2. The van der Waals surface area contributed by atoms with E-state index in [0.29, 0.717) is 0 Å². The third kappa shape index (κ3) is 3.85. The van der Waals surface area contributed by atoms with E-state index in [-0.39, 0.29) is 10.8 Å². The zero-order chi connectivity index (χ0) is 52.5. The molecule has 0 aromatic heterocycles. The number of hydrogen-bond acceptors (Lipinski definition) is 0. The van der Waals surface area contributed by atoms with Crippen LogP contribution < -0.4 is 0 Å². The molecule has 0 N–H and O–H groups in total. The molecule has 0 saturated heterocycles. The predicted octanol–water partition coefficient (Wildman–Crippen LogP) is 12.5. The van der Waals surface area contributed by atoms with Crippen LogP contribution in [0.3, 0.4) is 0 Å². The van der Waals surface area contributed by atoms with Crippen LogP contribution in [0.15, 0.2) is 169 Å². The van der Waals surface area contributed by atoms with Gasteiger partial charge in [0.2, 0.25) is 0 Å². The lowest BCUT2D eigenvalue weighted by Crippen LogP contribution is -1.92. The lowest BCUT2D eigenvalue weighted by molar-refractivity contribution is 1.63. The predicted molar refractivity (Wildman–Crippen MR) is 190 cm³/mol. The van der Waals surface area contributed by atoms with Crippen LogP contribution in [0.25, 0.3) is 87.2 Å². The Morgan fingerprint density at radius 3 is 1.52 bits per heavy atom. The highest BCUT2D eigenvalue weighted by molar-refractivity contribution is 6.23. The molecule has 44 heavy (non-hydrogen) atoms. The van der Waals surface area contributed by atoms with Gasteiger partial charge in [0.25, 0.3) is 0 Å². The minimum absolute atomic E-state index is 0.372. The number of fused-ring (bicyclic) bond motifs is 6. The van der Waals surface area contributed by atoms with Gasteiger partial charge in [0, 0.05) is 0 Å². The Bertz CT molecular complexity index is 3980. The molecular weight excluding hydrogens is 528 g/mol. The van der Waals surface area contributed by atoms with Gasteiger partial charge in [0.05, 0.1) is 37.0 Å².